The fourth-order valence-electron chi connectivity index (χ4n) is 5.20. The predicted molar refractivity (Wildman–Crippen MR) is 167 cm³/mol. The van der Waals surface area contributed by atoms with Gasteiger partial charge in [0.05, 0.1) is 43.8 Å². The van der Waals surface area contributed by atoms with E-state index in [1.165, 1.54) is 0 Å². The number of azide groups is 1. The van der Waals surface area contributed by atoms with E-state index >= 15 is 0 Å². The van der Waals surface area contributed by atoms with Crippen LogP contribution in [0.15, 0.2) is 5.11 Å². The molecule has 0 saturated carbocycles. The first kappa shape index (κ1) is 41.1. The number of primary amides is 1. The summed E-state index contributed by atoms with van der Waals surface area (Å²) in [5.74, 6) is -1.86. The predicted octanol–water partition coefficient (Wildman–Crippen LogP) is 1.54. The first-order valence-electron chi connectivity index (χ1n) is 15.0. The zero-order valence-electron chi connectivity index (χ0n) is 27.5. The molecule has 16 heteroatoms. The highest BCUT2D eigenvalue weighted by Gasteiger charge is 2.47. The maximum Gasteiger partial charge on any atom is 0.226 e. The Labute approximate surface area is 262 Å². The van der Waals surface area contributed by atoms with E-state index in [1.54, 1.807) is 27.7 Å². The van der Waals surface area contributed by atoms with Crippen LogP contribution in [0.2, 0.25) is 0 Å². The number of rotatable bonds is 23. The van der Waals surface area contributed by atoms with Crippen molar-refractivity contribution in [2.45, 2.75) is 79.6 Å². The van der Waals surface area contributed by atoms with Crippen molar-refractivity contribution in [1.29, 1.82) is 0 Å². The molecule has 0 radical (unpaired) electrons. The van der Waals surface area contributed by atoms with Crippen LogP contribution in [0.5, 0.6) is 0 Å². The van der Waals surface area contributed by atoms with Gasteiger partial charge >= 0.3 is 0 Å². The molecular formula is C28H54N8O7S. The minimum absolute atomic E-state index is 0.133. The van der Waals surface area contributed by atoms with Crippen molar-refractivity contribution in [1.82, 2.24) is 16.0 Å². The van der Waals surface area contributed by atoms with Gasteiger partial charge in [0.2, 0.25) is 23.6 Å². The van der Waals surface area contributed by atoms with Crippen molar-refractivity contribution in [3.05, 3.63) is 10.4 Å². The van der Waals surface area contributed by atoms with Gasteiger partial charge in [-0.15, -0.1) is 0 Å². The lowest BCUT2D eigenvalue weighted by Crippen LogP contribution is -2.51. The average molecular weight is 647 g/mol. The van der Waals surface area contributed by atoms with E-state index < -0.39 is 38.0 Å². The number of nitrogens with zero attached hydrogens (tertiary/aromatic N) is 4. The second-order valence-electron chi connectivity index (χ2n) is 13.4. The second kappa shape index (κ2) is 18.1. The summed E-state index contributed by atoms with van der Waals surface area (Å²) in [5.41, 5.74) is 10.9. The molecule has 0 aliphatic rings. The van der Waals surface area contributed by atoms with Gasteiger partial charge in [0.1, 0.15) is 6.54 Å². The van der Waals surface area contributed by atoms with Crippen LogP contribution in [0.3, 0.4) is 0 Å². The summed E-state index contributed by atoms with van der Waals surface area (Å²) in [5, 5.41) is 11.8. The minimum atomic E-state index is -4.28. The Morgan fingerprint density at radius 2 is 1.41 bits per heavy atom. The average Bonchev–Trinajstić information content (AvgIpc) is 2.89. The Morgan fingerprint density at radius 1 is 0.864 bits per heavy atom. The molecule has 15 nitrogen and oxygen atoms in total. The van der Waals surface area contributed by atoms with Gasteiger partial charge in [0, 0.05) is 46.4 Å². The maximum absolute atomic E-state index is 13.6. The summed E-state index contributed by atoms with van der Waals surface area (Å²) in [6.45, 7) is 10.6. The molecule has 0 fully saturated rings. The van der Waals surface area contributed by atoms with Crippen molar-refractivity contribution in [2.75, 3.05) is 59.1 Å². The normalized spacial score (nSPS) is 14.8. The molecule has 0 heterocycles. The largest absolute Gasteiger partial charge is 0.748 e. The number of carbonyl (C=O) groups is 4. The molecule has 2 atom stereocenters. The molecule has 0 aliphatic carbocycles. The Bertz CT molecular complexity index is 1140. The van der Waals surface area contributed by atoms with Crippen LogP contribution < -0.4 is 21.7 Å². The number of nitrogens with one attached hydrogen (secondary N) is 3. The molecule has 44 heavy (non-hydrogen) atoms. The highest BCUT2D eigenvalue weighted by atomic mass is 32.2. The van der Waals surface area contributed by atoms with E-state index in [-0.39, 0.29) is 43.5 Å². The monoisotopic (exact) mass is 646 g/mol. The smallest absolute Gasteiger partial charge is 0.226 e. The van der Waals surface area contributed by atoms with Gasteiger partial charge in [-0.25, -0.2) is 8.42 Å². The zero-order chi connectivity index (χ0) is 34.2. The number of carbonyl (C=O) groups excluding carboxylic acids is 4. The van der Waals surface area contributed by atoms with Gasteiger partial charge in [0.15, 0.2) is 0 Å². The van der Waals surface area contributed by atoms with Crippen molar-refractivity contribution in [3.63, 3.8) is 0 Å². The number of hydrogen-bond donors (Lipinski definition) is 4. The van der Waals surface area contributed by atoms with E-state index in [9.17, 15) is 32.1 Å². The molecule has 5 N–H and O–H groups in total. The Morgan fingerprint density at radius 3 is 1.93 bits per heavy atom. The van der Waals surface area contributed by atoms with Crippen molar-refractivity contribution >= 4 is 33.7 Å². The number of quaternary nitrogens is 1. The number of likely N-dealkylation sites (N-methyl/N-ethyl adjacent to an activating group) is 1. The maximum atomic E-state index is 13.6. The van der Waals surface area contributed by atoms with Crippen molar-refractivity contribution in [2.24, 2.45) is 27.1 Å². The lowest BCUT2D eigenvalue weighted by molar-refractivity contribution is -0.889. The van der Waals surface area contributed by atoms with Gasteiger partial charge < -0.3 is 30.7 Å². The van der Waals surface area contributed by atoms with Crippen molar-refractivity contribution < 1.29 is 36.6 Å². The molecule has 0 spiro atoms. The zero-order valence-corrected chi connectivity index (χ0v) is 28.3. The molecule has 0 saturated heterocycles. The van der Waals surface area contributed by atoms with Crippen LogP contribution >= 0.6 is 0 Å². The molecule has 0 aromatic heterocycles. The Balaban J connectivity index is 5.35. The van der Waals surface area contributed by atoms with Gasteiger partial charge in [-0.3, -0.25) is 19.2 Å². The molecular weight excluding hydrogens is 592 g/mol. The molecule has 0 rings (SSSR count). The first-order chi connectivity index (χ1) is 20.1. The summed E-state index contributed by atoms with van der Waals surface area (Å²) in [6, 6.07) is 0. The quantitative estimate of drug-likeness (QED) is 0.0319. The van der Waals surface area contributed by atoms with Gasteiger partial charge in [-0.05, 0) is 44.1 Å². The van der Waals surface area contributed by atoms with E-state index in [4.69, 9.17) is 11.3 Å². The fraction of sp³-hybridized carbons (Fsp3) is 0.857. The molecule has 4 amide bonds. The van der Waals surface area contributed by atoms with Gasteiger partial charge in [-0.2, -0.15) is 0 Å². The summed E-state index contributed by atoms with van der Waals surface area (Å²) in [7, 11) is -0.507. The lowest BCUT2D eigenvalue weighted by atomic mass is 9.64. The lowest BCUT2D eigenvalue weighted by Gasteiger charge is -2.41. The standard InChI is InChI=1S/C28H54N8O7S/c1-8-27(4,24(39)33-15-17-36(6,7)16-12-18-44(41,42)43)21-28(5,20-26(2,3)23(29)38)25(40)32-14-11-9-10-13-31-22(37)19-34-35-30/h8-21H2,1-7H3,(H5-,29,31,32,33,37,38,39,40,41,42,43). The summed E-state index contributed by atoms with van der Waals surface area (Å²) in [4.78, 5) is 53.3. The van der Waals surface area contributed by atoms with Crippen LogP contribution in [0.1, 0.15) is 79.6 Å². The van der Waals surface area contributed by atoms with Crippen LogP contribution in [0, 0.1) is 16.2 Å². The molecule has 0 aromatic rings. The summed E-state index contributed by atoms with van der Waals surface area (Å²) < 4.78 is 33.1. The molecule has 0 aromatic carbocycles. The van der Waals surface area contributed by atoms with Crippen LogP contribution in [-0.4, -0.2) is 100 Å². The molecule has 0 bridgehead atoms. The van der Waals surface area contributed by atoms with E-state index in [1.807, 2.05) is 21.0 Å². The molecule has 0 aliphatic heterocycles. The fourth-order valence-corrected chi connectivity index (χ4v) is 5.68. The number of amides is 4. The van der Waals surface area contributed by atoms with Crippen LogP contribution in [0.25, 0.3) is 10.4 Å². The van der Waals surface area contributed by atoms with Gasteiger partial charge in [0.25, 0.3) is 0 Å². The number of unbranched alkanes of at least 4 members (excludes halogenated alkanes) is 2. The van der Waals surface area contributed by atoms with E-state index in [0.29, 0.717) is 56.5 Å². The SMILES string of the molecule is CCC(C)(CC(C)(CC(C)(C)C(N)=O)C(=O)NCCCCCNC(=O)CN=[N+]=[N-])C(=O)NCC[N+](C)(C)CCCS(=O)(=O)[O-]. The second-order valence-corrected chi connectivity index (χ2v) is 14.9. The topological polar surface area (TPSA) is 236 Å². The van der Waals surface area contributed by atoms with Crippen LogP contribution in [-0.2, 0) is 29.3 Å². The minimum Gasteiger partial charge on any atom is -0.748 e. The Hall–Kier alpha value is -2.94. The summed E-state index contributed by atoms with van der Waals surface area (Å²) >= 11 is 0. The third kappa shape index (κ3) is 16.2. The van der Waals surface area contributed by atoms with Crippen LogP contribution in [0.4, 0.5) is 0 Å². The van der Waals surface area contributed by atoms with Gasteiger partial charge in [-0.1, -0.05) is 39.7 Å². The third-order valence-electron chi connectivity index (χ3n) is 8.06. The molecule has 2 unspecified atom stereocenters. The highest BCUT2D eigenvalue weighted by molar-refractivity contribution is 7.85. The first-order valence-corrected chi connectivity index (χ1v) is 16.6. The van der Waals surface area contributed by atoms with E-state index in [2.05, 4.69) is 26.0 Å². The Kier molecular flexibility index (Phi) is 16.9. The number of hydrogen-bond acceptors (Lipinski definition) is 8. The molecule has 254 valence electrons. The highest BCUT2D eigenvalue weighted by Crippen LogP contribution is 2.44. The van der Waals surface area contributed by atoms with E-state index in [0.717, 1.165) is 6.42 Å². The number of nitrogens with two attached hydrogens (primary N) is 1. The summed E-state index contributed by atoms with van der Waals surface area (Å²) in [6.07, 6.45) is 3.00. The third-order valence-corrected chi connectivity index (χ3v) is 8.84. The van der Waals surface area contributed by atoms with Crippen molar-refractivity contribution in [3.8, 4) is 0 Å².